The van der Waals surface area contributed by atoms with Crippen LogP contribution in [0.4, 0.5) is 0 Å². The molecule has 1 aliphatic carbocycles. The Kier molecular flexibility index (Phi) is 7.39. The van der Waals surface area contributed by atoms with Gasteiger partial charge in [-0.1, -0.05) is 32.1 Å². The summed E-state index contributed by atoms with van der Waals surface area (Å²) >= 11 is 0. The Hall–Kier alpha value is -2.23. The summed E-state index contributed by atoms with van der Waals surface area (Å²) in [4.78, 5) is 11.8. The van der Waals surface area contributed by atoms with Gasteiger partial charge in [0.15, 0.2) is 11.7 Å². The number of ketones is 1. The standard InChI is InChI=1S/C19H27NO3/c1-6-17(21)19-14(3)11-16(12-18(19)22)13(2)9-7-8-10-20-15(4)23-5/h8,10,12-13,20,22H,3-4,6-7,9,11H2,1-2,5H3/b10-8+. The molecule has 0 aromatic carbocycles. The van der Waals surface area contributed by atoms with E-state index in [2.05, 4.69) is 25.4 Å². The molecule has 1 unspecified atom stereocenters. The Morgan fingerprint density at radius 3 is 2.83 bits per heavy atom. The van der Waals surface area contributed by atoms with Crippen molar-refractivity contribution in [1.29, 1.82) is 0 Å². The molecule has 0 aromatic rings. The lowest BCUT2D eigenvalue weighted by Crippen LogP contribution is -2.13. The van der Waals surface area contributed by atoms with Crippen molar-refractivity contribution in [3.8, 4) is 0 Å². The molecular weight excluding hydrogens is 290 g/mol. The van der Waals surface area contributed by atoms with Crippen molar-refractivity contribution in [2.75, 3.05) is 7.11 Å². The van der Waals surface area contributed by atoms with Gasteiger partial charge in [-0.05, 0) is 49.6 Å². The number of ether oxygens (including phenoxy) is 1. The van der Waals surface area contributed by atoms with Gasteiger partial charge in [-0.2, -0.15) is 0 Å². The van der Waals surface area contributed by atoms with Gasteiger partial charge in [-0.3, -0.25) is 4.79 Å². The molecule has 4 nitrogen and oxygen atoms in total. The van der Waals surface area contributed by atoms with Crippen LogP contribution in [0.2, 0.25) is 0 Å². The fraction of sp³-hybridized carbons (Fsp3) is 0.421. The average molecular weight is 317 g/mol. The Bertz CT molecular complexity index is 567. The zero-order valence-corrected chi connectivity index (χ0v) is 14.3. The number of hydrogen-bond donors (Lipinski definition) is 2. The minimum absolute atomic E-state index is 0.0529. The van der Waals surface area contributed by atoms with E-state index in [-0.39, 0.29) is 11.5 Å². The maximum atomic E-state index is 11.8. The second-order valence-electron chi connectivity index (χ2n) is 5.69. The first kappa shape index (κ1) is 18.8. The van der Waals surface area contributed by atoms with E-state index in [1.165, 1.54) is 0 Å². The second-order valence-corrected chi connectivity index (χ2v) is 5.69. The topological polar surface area (TPSA) is 58.6 Å². The third-order valence-corrected chi connectivity index (χ3v) is 3.96. The van der Waals surface area contributed by atoms with E-state index in [1.807, 2.05) is 12.3 Å². The van der Waals surface area contributed by atoms with Crippen LogP contribution in [-0.2, 0) is 9.53 Å². The number of aliphatic hydroxyl groups is 1. The highest BCUT2D eigenvalue weighted by Crippen LogP contribution is 2.33. The average Bonchev–Trinajstić information content (AvgIpc) is 2.52. The van der Waals surface area contributed by atoms with Crippen LogP contribution in [0.1, 0.15) is 39.5 Å². The fourth-order valence-electron chi connectivity index (χ4n) is 2.47. The smallest absolute Gasteiger partial charge is 0.182 e. The van der Waals surface area contributed by atoms with Crippen LogP contribution >= 0.6 is 0 Å². The molecule has 0 spiro atoms. The molecule has 0 bridgehead atoms. The normalized spacial score (nSPS) is 16.3. The zero-order chi connectivity index (χ0) is 17.4. The van der Waals surface area contributed by atoms with Gasteiger partial charge in [0.25, 0.3) is 0 Å². The van der Waals surface area contributed by atoms with Crippen molar-refractivity contribution in [1.82, 2.24) is 5.32 Å². The first-order chi connectivity index (χ1) is 10.9. The van der Waals surface area contributed by atoms with Crippen LogP contribution in [-0.4, -0.2) is 18.0 Å². The van der Waals surface area contributed by atoms with Crippen molar-refractivity contribution in [2.24, 2.45) is 5.92 Å². The SMILES string of the molecule is C=C(N/C=C/CCC(C)C1=CC(O)=C(C(=O)CC)C(=C)C1)OC. The van der Waals surface area contributed by atoms with Crippen molar-refractivity contribution in [3.05, 3.63) is 59.9 Å². The van der Waals surface area contributed by atoms with E-state index in [1.54, 1.807) is 20.1 Å². The lowest BCUT2D eigenvalue weighted by Gasteiger charge is -2.22. The lowest BCUT2D eigenvalue weighted by atomic mass is 9.83. The van der Waals surface area contributed by atoms with E-state index in [4.69, 9.17) is 4.74 Å². The van der Waals surface area contributed by atoms with Gasteiger partial charge in [-0.15, -0.1) is 0 Å². The van der Waals surface area contributed by atoms with E-state index >= 15 is 0 Å². The molecule has 0 aliphatic heterocycles. The Morgan fingerprint density at radius 1 is 1.57 bits per heavy atom. The summed E-state index contributed by atoms with van der Waals surface area (Å²) in [5.74, 6) is 0.817. The lowest BCUT2D eigenvalue weighted by molar-refractivity contribution is -0.115. The van der Waals surface area contributed by atoms with Crippen molar-refractivity contribution in [2.45, 2.75) is 39.5 Å². The van der Waals surface area contributed by atoms with E-state index < -0.39 is 0 Å². The molecule has 0 radical (unpaired) electrons. The van der Waals surface area contributed by atoms with Gasteiger partial charge < -0.3 is 15.2 Å². The predicted octanol–water partition coefficient (Wildman–Crippen LogP) is 4.30. The monoisotopic (exact) mass is 317 g/mol. The summed E-state index contributed by atoms with van der Waals surface area (Å²) in [6.07, 6.45) is 8.41. The highest BCUT2D eigenvalue weighted by molar-refractivity contribution is 6.00. The van der Waals surface area contributed by atoms with E-state index in [9.17, 15) is 9.90 Å². The summed E-state index contributed by atoms with van der Waals surface area (Å²) in [6, 6.07) is 0. The number of methoxy groups -OCH3 is 1. The van der Waals surface area contributed by atoms with Crippen LogP contribution < -0.4 is 5.32 Å². The second kappa shape index (κ2) is 9.03. The number of carbonyl (C=O) groups excluding carboxylic acids is 1. The Labute approximate surface area is 138 Å². The van der Waals surface area contributed by atoms with Gasteiger partial charge in [0.1, 0.15) is 5.76 Å². The molecule has 1 aliphatic rings. The molecule has 23 heavy (non-hydrogen) atoms. The fourth-order valence-corrected chi connectivity index (χ4v) is 2.47. The molecule has 126 valence electrons. The van der Waals surface area contributed by atoms with E-state index in [0.29, 0.717) is 35.8 Å². The highest BCUT2D eigenvalue weighted by Gasteiger charge is 2.23. The molecule has 2 N–H and O–H groups in total. The number of aliphatic hydroxyl groups excluding tert-OH is 1. The third-order valence-electron chi connectivity index (χ3n) is 3.96. The maximum absolute atomic E-state index is 11.8. The van der Waals surface area contributed by atoms with Gasteiger partial charge in [0, 0.05) is 6.42 Å². The molecule has 0 saturated heterocycles. The molecule has 0 fully saturated rings. The van der Waals surface area contributed by atoms with Gasteiger partial charge in [0.05, 0.1) is 12.7 Å². The Balaban J connectivity index is 2.62. The largest absolute Gasteiger partial charge is 0.507 e. The summed E-state index contributed by atoms with van der Waals surface area (Å²) < 4.78 is 4.90. The molecule has 0 amide bonds. The van der Waals surface area contributed by atoms with Crippen molar-refractivity contribution in [3.63, 3.8) is 0 Å². The minimum atomic E-state index is -0.0529. The number of hydrogen-bond acceptors (Lipinski definition) is 4. The van der Waals surface area contributed by atoms with Crippen LogP contribution in [0.5, 0.6) is 0 Å². The van der Waals surface area contributed by atoms with Crippen LogP contribution in [0, 0.1) is 5.92 Å². The molecular formula is C19H27NO3. The molecule has 1 atom stereocenters. The molecule has 4 heteroatoms. The zero-order valence-electron chi connectivity index (χ0n) is 14.3. The molecule has 1 rings (SSSR count). The van der Waals surface area contributed by atoms with Crippen LogP contribution in [0.25, 0.3) is 0 Å². The van der Waals surface area contributed by atoms with Gasteiger partial charge in [0.2, 0.25) is 0 Å². The minimum Gasteiger partial charge on any atom is -0.507 e. The quantitative estimate of drug-likeness (QED) is 0.622. The summed E-state index contributed by atoms with van der Waals surface area (Å²) in [5, 5.41) is 13.0. The number of carbonyl (C=O) groups is 1. The summed E-state index contributed by atoms with van der Waals surface area (Å²) in [5.41, 5.74) is 2.22. The number of rotatable bonds is 9. The third kappa shape index (κ3) is 5.47. The first-order valence-corrected chi connectivity index (χ1v) is 7.90. The van der Waals surface area contributed by atoms with E-state index in [0.717, 1.165) is 18.4 Å². The first-order valence-electron chi connectivity index (χ1n) is 7.90. The molecule has 0 heterocycles. The number of allylic oxidation sites excluding steroid dienone is 5. The van der Waals surface area contributed by atoms with Crippen molar-refractivity contribution < 1.29 is 14.6 Å². The number of Topliss-reactive ketones (excluding diaryl/α,β-unsaturated/α-hetero) is 1. The molecule has 0 saturated carbocycles. The van der Waals surface area contributed by atoms with Gasteiger partial charge >= 0.3 is 0 Å². The molecule has 0 aromatic heterocycles. The Morgan fingerprint density at radius 2 is 2.26 bits per heavy atom. The van der Waals surface area contributed by atoms with Crippen LogP contribution in [0.15, 0.2) is 59.9 Å². The van der Waals surface area contributed by atoms with Crippen LogP contribution in [0.3, 0.4) is 0 Å². The summed E-state index contributed by atoms with van der Waals surface area (Å²) in [6.45, 7) is 11.5. The van der Waals surface area contributed by atoms with Crippen molar-refractivity contribution >= 4 is 5.78 Å². The number of nitrogens with one attached hydrogen (secondary N) is 1. The maximum Gasteiger partial charge on any atom is 0.182 e. The summed E-state index contributed by atoms with van der Waals surface area (Å²) in [7, 11) is 1.56. The highest BCUT2D eigenvalue weighted by atomic mass is 16.5. The predicted molar refractivity (Wildman–Crippen MR) is 93.6 cm³/mol. The van der Waals surface area contributed by atoms with Gasteiger partial charge in [-0.25, -0.2) is 0 Å².